The lowest BCUT2D eigenvalue weighted by molar-refractivity contribution is 0.102. The summed E-state index contributed by atoms with van der Waals surface area (Å²) in [6, 6.07) is 22.0. The monoisotopic (exact) mass is 410 g/mol. The molecule has 0 saturated heterocycles. The van der Waals surface area contributed by atoms with E-state index in [0.29, 0.717) is 18.0 Å². The summed E-state index contributed by atoms with van der Waals surface area (Å²) < 4.78 is 32.2. The van der Waals surface area contributed by atoms with E-state index in [2.05, 4.69) is 5.32 Å². The van der Waals surface area contributed by atoms with Crippen LogP contribution in [0, 0.1) is 0 Å². The fourth-order valence-electron chi connectivity index (χ4n) is 2.92. The second-order valence-corrected chi connectivity index (χ2v) is 8.36. The number of hydrogen-bond donors (Lipinski definition) is 1. The highest BCUT2D eigenvalue weighted by Gasteiger charge is 2.24. The maximum Gasteiger partial charge on any atom is 0.264 e. The van der Waals surface area contributed by atoms with Crippen molar-refractivity contribution in [3.05, 3.63) is 90.0 Å². The van der Waals surface area contributed by atoms with Gasteiger partial charge in [0.25, 0.3) is 15.9 Å². The summed E-state index contributed by atoms with van der Waals surface area (Å²) in [6.45, 7) is 0.429. The molecule has 0 aliphatic heterocycles. The van der Waals surface area contributed by atoms with Gasteiger partial charge in [0.1, 0.15) is 0 Å². The van der Waals surface area contributed by atoms with Gasteiger partial charge in [-0.25, -0.2) is 8.42 Å². The van der Waals surface area contributed by atoms with Crippen molar-refractivity contribution in [2.45, 2.75) is 11.5 Å². The number of carbonyl (C=O) groups is 1. The van der Waals surface area contributed by atoms with E-state index < -0.39 is 15.9 Å². The van der Waals surface area contributed by atoms with Crippen molar-refractivity contribution < 1.29 is 17.9 Å². The van der Waals surface area contributed by atoms with Gasteiger partial charge < -0.3 is 10.1 Å². The zero-order valence-electron chi connectivity index (χ0n) is 16.2. The summed E-state index contributed by atoms with van der Waals surface area (Å²) in [5.41, 5.74) is 2.07. The van der Waals surface area contributed by atoms with E-state index in [-0.39, 0.29) is 10.5 Å². The van der Waals surface area contributed by atoms with Crippen LogP contribution in [0.25, 0.3) is 0 Å². The molecule has 3 rings (SSSR count). The number of rotatable bonds is 7. The number of sulfonamides is 1. The molecule has 0 aromatic heterocycles. The van der Waals surface area contributed by atoms with E-state index >= 15 is 0 Å². The summed E-state index contributed by atoms with van der Waals surface area (Å²) in [4.78, 5) is 13.1. The SMILES string of the molecule is COCc1cccc(NC(=O)c2ccccc2N(C)S(=O)(=O)c2ccccc2)c1. The fourth-order valence-corrected chi connectivity index (χ4v) is 4.16. The van der Waals surface area contributed by atoms with Crippen molar-refractivity contribution >= 4 is 27.3 Å². The van der Waals surface area contributed by atoms with Crippen molar-refractivity contribution in [1.29, 1.82) is 0 Å². The van der Waals surface area contributed by atoms with E-state index in [9.17, 15) is 13.2 Å². The van der Waals surface area contributed by atoms with Crippen molar-refractivity contribution in [3.63, 3.8) is 0 Å². The van der Waals surface area contributed by atoms with Crippen LogP contribution in [-0.4, -0.2) is 28.5 Å². The van der Waals surface area contributed by atoms with Gasteiger partial charge in [-0.15, -0.1) is 0 Å². The first-order valence-corrected chi connectivity index (χ1v) is 10.4. The number of para-hydroxylation sites is 1. The van der Waals surface area contributed by atoms with E-state index in [1.165, 1.54) is 19.2 Å². The third kappa shape index (κ3) is 4.64. The molecule has 150 valence electrons. The van der Waals surface area contributed by atoms with Crippen LogP contribution in [0.2, 0.25) is 0 Å². The first-order valence-electron chi connectivity index (χ1n) is 8.95. The normalized spacial score (nSPS) is 11.1. The summed E-state index contributed by atoms with van der Waals surface area (Å²) in [5, 5.41) is 2.83. The minimum Gasteiger partial charge on any atom is -0.380 e. The molecule has 3 aromatic carbocycles. The third-order valence-corrected chi connectivity index (χ3v) is 6.17. The number of anilines is 2. The second-order valence-electron chi connectivity index (χ2n) is 6.39. The Kier molecular flexibility index (Phi) is 6.31. The molecule has 1 N–H and O–H groups in total. The van der Waals surface area contributed by atoms with Crippen molar-refractivity contribution in [1.82, 2.24) is 0 Å². The largest absolute Gasteiger partial charge is 0.380 e. The van der Waals surface area contributed by atoms with Gasteiger partial charge in [0.05, 0.1) is 22.8 Å². The Hall–Kier alpha value is -3.16. The molecule has 0 bridgehead atoms. The molecule has 3 aromatic rings. The smallest absolute Gasteiger partial charge is 0.264 e. The zero-order chi connectivity index (χ0) is 20.9. The first kappa shape index (κ1) is 20.6. The van der Waals surface area contributed by atoms with Crippen molar-refractivity contribution in [3.8, 4) is 0 Å². The van der Waals surface area contributed by atoms with Crippen LogP contribution in [-0.2, 0) is 21.4 Å². The predicted octanol–water partition coefficient (Wildman–Crippen LogP) is 3.91. The number of amides is 1. The Bertz CT molecular complexity index is 1100. The summed E-state index contributed by atoms with van der Waals surface area (Å²) in [5.74, 6) is -0.398. The van der Waals surface area contributed by atoms with Crippen LogP contribution >= 0.6 is 0 Å². The van der Waals surface area contributed by atoms with Crippen LogP contribution in [0.15, 0.2) is 83.8 Å². The van der Waals surface area contributed by atoms with E-state index in [1.54, 1.807) is 55.6 Å². The van der Waals surface area contributed by atoms with Gasteiger partial charge in [0.15, 0.2) is 0 Å². The number of nitrogens with one attached hydrogen (secondary N) is 1. The molecule has 0 heterocycles. The van der Waals surface area contributed by atoms with Gasteiger partial charge in [0.2, 0.25) is 0 Å². The molecule has 0 saturated carbocycles. The lowest BCUT2D eigenvalue weighted by Gasteiger charge is -2.22. The van der Waals surface area contributed by atoms with Gasteiger partial charge in [-0.1, -0.05) is 42.5 Å². The maximum atomic E-state index is 13.0. The second kappa shape index (κ2) is 8.89. The Morgan fingerprint density at radius 1 is 0.966 bits per heavy atom. The van der Waals surface area contributed by atoms with Gasteiger partial charge in [-0.05, 0) is 42.0 Å². The Morgan fingerprint density at radius 3 is 2.38 bits per heavy atom. The average molecular weight is 410 g/mol. The molecule has 0 atom stereocenters. The van der Waals surface area contributed by atoms with Crippen LogP contribution in [0.1, 0.15) is 15.9 Å². The molecule has 6 nitrogen and oxygen atoms in total. The molecule has 29 heavy (non-hydrogen) atoms. The number of nitrogens with zero attached hydrogens (tertiary/aromatic N) is 1. The Balaban J connectivity index is 1.91. The highest BCUT2D eigenvalue weighted by molar-refractivity contribution is 7.92. The minimum absolute atomic E-state index is 0.157. The van der Waals surface area contributed by atoms with Gasteiger partial charge in [-0.2, -0.15) is 0 Å². The van der Waals surface area contributed by atoms with Crippen LogP contribution in [0.5, 0.6) is 0 Å². The molecule has 0 radical (unpaired) electrons. The highest BCUT2D eigenvalue weighted by atomic mass is 32.2. The standard InChI is InChI=1S/C22H22N2O4S/c1-24(29(26,27)19-11-4-3-5-12-19)21-14-7-6-13-20(21)22(25)23-18-10-8-9-17(15-18)16-28-2/h3-15H,16H2,1-2H3,(H,23,25). The lowest BCUT2D eigenvalue weighted by atomic mass is 10.1. The summed E-state index contributed by atoms with van der Waals surface area (Å²) >= 11 is 0. The third-order valence-electron chi connectivity index (χ3n) is 4.39. The predicted molar refractivity (Wildman–Crippen MR) is 114 cm³/mol. The minimum atomic E-state index is -3.80. The molecule has 0 spiro atoms. The summed E-state index contributed by atoms with van der Waals surface area (Å²) in [7, 11) is -0.758. The molecule has 0 aliphatic carbocycles. The molecule has 0 aliphatic rings. The number of benzene rings is 3. The van der Waals surface area contributed by atoms with Crippen LogP contribution in [0.4, 0.5) is 11.4 Å². The maximum absolute atomic E-state index is 13.0. The van der Waals surface area contributed by atoms with Gasteiger partial charge >= 0.3 is 0 Å². The first-order chi connectivity index (χ1) is 13.9. The Labute approximate surface area is 170 Å². The van der Waals surface area contributed by atoms with Gasteiger partial charge in [-0.3, -0.25) is 9.10 Å². The number of carbonyl (C=O) groups excluding carboxylic acids is 1. The number of ether oxygens (including phenoxy) is 1. The number of methoxy groups -OCH3 is 1. The molecule has 0 unspecified atom stereocenters. The topological polar surface area (TPSA) is 75.7 Å². The average Bonchev–Trinajstić information content (AvgIpc) is 2.74. The van der Waals surface area contributed by atoms with Crippen LogP contribution < -0.4 is 9.62 Å². The van der Waals surface area contributed by atoms with Crippen molar-refractivity contribution in [2.24, 2.45) is 0 Å². The van der Waals surface area contributed by atoms with E-state index in [0.717, 1.165) is 9.87 Å². The van der Waals surface area contributed by atoms with E-state index in [4.69, 9.17) is 4.74 Å². The molecular weight excluding hydrogens is 388 g/mol. The Morgan fingerprint density at radius 2 is 1.66 bits per heavy atom. The number of hydrogen-bond acceptors (Lipinski definition) is 4. The fraction of sp³-hybridized carbons (Fsp3) is 0.136. The molecule has 7 heteroatoms. The van der Waals surface area contributed by atoms with E-state index in [1.807, 2.05) is 18.2 Å². The highest BCUT2D eigenvalue weighted by Crippen LogP contribution is 2.26. The zero-order valence-corrected chi connectivity index (χ0v) is 17.0. The van der Waals surface area contributed by atoms with Crippen molar-refractivity contribution in [2.75, 3.05) is 23.8 Å². The lowest BCUT2D eigenvalue weighted by Crippen LogP contribution is -2.29. The molecule has 1 amide bonds. The van der Waals surface area contributed by atoms with Crippen LogP contribution in [0.3, 0.4) is 0 Å². The molecule has 0 fully saturated rings. The summed E-state index contributed by atoms with van der Waals surface area (Å²) in [6.07, 6.45) is 0. The quantitative estimate of drug-likeness (QED) is 0.641. The van der Waals surface area contributed by atoms with Gasteiger partial charge in [0, 0.05) is 19.8 Å². The molecular formula is C22H22N2O4S.